The Morgan fingerprint density at radius 1 is 1.26 bits per heavy atom. The molecule has 0 aliphatic carbocycles. The van der Waals surface area contributed by atoms with Crippen molar-refractivity contribution in [1.29, 1.82) is 0 Å². The summed E-state index contributed by atoms with van der Waals surface area (Å²) in [5.74, 6) is 2.61. The average Bonchev–Trinajstić information content (AvgIpc) is 3.31. The molecule has 144 valence electrons. The van der Waals surface area contributed by atoms with Crippen molar-refractivity contribution in [2.45, 2.75) is 43.2 Å². The van der Waals surface area contributed by atoms with Gasteiger partial charge in [-0.05, 0) is 24.8 Å². The zero-order chi connectivity index (χ0) is 18.9. The van der Waals surface area contributed by atoms with E-state index in [1.165, 1.54) is 5.56 Å². The molecule has 1 N–H and O–H groups in total. The molecule has 3 heterocycles. The lowest BCUT2D eigenvalue weighted by Gasteiger charge is -2.15. The third kappa shape index (κ3) is 4.21. The number of carbonyl (C=O) groups excluding carboxylic acids is 1. The second-order valence-electron chi connectivity index (χ2n) is 7.16. The molecule has 0 radical (unpaired) electrons. The first-order chi connectivity index (χ1) is 13.0. The van der Waals surface area contributed by atoms with Crippen LogP contribution < -0.4 is 5.32 Å². The number of fused-ring (bicyclic) bond motifs is 1. The predicted octanol–water partition coefficient (Wildman–Crippen LogP) is 2.95. The summed E-state index contributed by atoms with van der Waals surface area (Å²) in [4.78, 5) is 12.5. The van der Waals surface area contributed by atoms with E-state index in [9.17, 15) is 13.2 Å². The Morgan fingerprint density at radius 3 is 2.81 bits per heavy atom. The molecule has 0 saturated carbocycles. The fraction of sp³-hybridized carbons (Fsp3) is 0.474. The minimum absolute atomic E-state index is 0.0346. The minimum atomic E-state index is -3.00. The molecule has 2 aliphatic rings. The topological polar surface area (TPSA) is 81.1 Å². The average molecular weight is 406 g/mol. The lowest BCUT2D eigenvalue weighted by molar-refractivity contribution is -0.116. The van der Waals surface area contributed by atoms with Crippen molar-refractivity contribution in [2.75, 3.05) is 16.8 Å². The number of aryl methyl sites for hydroxylation is 1. The summed E-state index contributed by atoms with van der Waals surface area (Å²) in [6.07, 6.45) is 2.64. The van der Waals surface area contributed by atoms with Crippen LogP contribution in [0.2, 0.25) is 0 Å². The Balaban J connectivity index is 1.44. The first-order valence-corrected chi connectivity index (χ1v) is 12.2. The van der Waals surface area contributed by atoms with Gasteiger partial charge in [0.05, 0.1) is 23.2 Å². The van der Waals surface area contributed by atoms with Gasteiger partial charge in [-0.3, -0.25) is 4.79 Å². The van der Waals surface area contributed by atoms with E-state index >= 15 is 0 Å². The largest absolute Gasteiger partial charge is 0.311 e. The molecule has 27 heavy (non-hydrogen) atoms. The summed E-state index contributed by atoms with van der Waals surface area (Å²) in [5.41, 5.74) is 3.26. The molecular weight excluding hydrogens is 382 g/mol. The smallest absolute Gasteiger partial charge is 0.225 e. The molecule has 1 atom stereocenters. The number of aromatic nitrogens is 2. The lowest BCUT2D eigenvalue weighted by atomic mass is 10.1. The van der Waals surface area contributed by atoms with Crippen LogP contribution in [0.5, 0.6) is 0 Å². The quantitative estimate of drug-likeness (QED) is 0.799. The highest BCUT2D eigenvalue weighted by Crippen LogP contribution is 2.38. The molecule has 1 aromatic carbocycles. The van der Waals surface area contributed by atoms with Crippen LogP contribution in [-0.4, -0.2) is 35.6 Å². The number of hydrogen-bond acceptors (Lipinski definition) is 5. The van der Waals surface area contributed by atoms with Crippen LogP contribution in [0.4, 0.5) is 5.82 Å². The number of nitrogens with zero attached hydrogens (tertiary/aromatic N) is 2. The molecule has 2 aliphatic heterocycles. The van der Waals surface area contributed by atoms with Gasteiger partial charge in [-0.2, -0.15) is 16.9 Å². The third-order valence-corrected chi connectivity index (χ3v) is 7.82. The number of sulfone groups is 1. The van der Waals surface area contributed by atoms with Gasteiger partial charge < -0.3 is 5.32 Å². The molecule has 1 amide bonds. The van der Waals surface area contributed by atoms with E-state index < -0.39 is 9.84 Å². The second kappa shape index (κ2) is 7.67. The molecule has 1 aromatic heterocycles. The molecule has 2 aromatic rings. The monoisotopic (exact) mass is 405 g/mol. The maximum absolute atomic E-state index is 12.5. The predicted molar refractivity (Wildman–Crippen MR) is 108 cm³/mol. The Kier molecular flexibility index (Phi) is 5.27. The van der Waals surface area contributed by atoms with Crippen LogP contribution in [-0.2, 0) is 32.6 Å². The van der Waals surface area contributed by atoms with Crippen LogP contribution in [0.1, 0.15) is 42.1 Å². The van der Waals surface area contributed by atoms with Gasteiger partial charge in [0.1, 0.15) is 5.82 Å². The van der Waals surface area contributed by atoms with Crippen molar-refractivity contribution in [3.05, 3.63) is 47.2 Å². The van der Waals surface area contributed by atoms with E-state index in [0.29, 0.717) is 18.7 Å². The van der Waals surface area contributed by atoms with Crippen molar-refractivity contribution >= 4 is 33.3 Å². The number of amides is 1. The number of benzene rings is 1. The Bertz CT molecular complexity index is 939. The van der Waals surface area contributed by atoms with E-state index in [2.05, 4.69) is 22.5 Å². The SMILES string of the molecule is O=C(CCCc1ccccc1)Nc1c2c(nn1C1CCS(=O)(=O)C1)CSC2. The Morgan fingerprint density at radius 2 is 2.07 bits per heavy atom. The summed E-state index contributed by atoms with van der Waals surface area (Å²) in [6, 6.07) is 9.95. The number of nitrogens with one attached hydrogen (secondary N) is 1. The van der Waals surface area contributed by atoms with Crippen LogP contribution in [0.3, 0.4) is 0 Å². The minimum Gasteiger partial charge on any atom is -0.311 e. The number of carbonyl (C=O) groups is 1. The zero-order valence-corrected chi connectivity index (χ0v) is 16.7. The highest BCUT2D eigenvalue weighted by atomic mass is 32.2. The van der Waals surface area contributed by atoms with Crippen molar-refractivity contribution < 1.29 is 13.2 Å². The zero-order valence-electron chi connectivity index (χ0n) is 15.1. The van der Waals surface area contributed by atoms with E-state index in [-0.39, 0.29) is 23.5 Å². The van der Waals surface area contributed by atoms with Gasteiger partial charge in [0.2, 0.25) is 5.91 Å². The number of hydrogen-bond donors (Lipinski definition) is 1. The van der Waals surface area contributed by atoms with Gasteiger partial charge in [0.25, 0.3) is 0 Å². The molecular formula is C19H23N3O3S2. The number of rotatable bonds is 6. The second-order valence-corrected chi connectivity index (χ2v) is 10.4. The van der Waals surface area contributed by atoms with Gasteiger partial charge in [-0.25, -0.2) is 13.1 Å². The number of thioether (sulfide) groups is 1. The summed E-state index contributed by atoms with van der Waals surface area (Å²) >= 11 is 1.77. The Hall–Kier alpha value is -1.80. The molecule has 1 saturated heterocycles. The van der Waals surface area contributed by atoms with Crippen molar-refractivity contribution in [3.8, 4) is 0 Å². The Labute approximate surface area is 163 Å². The lowest BCUT2D eigenvalue weighted by Crippen LogP contribution is -2.20. The number of anilines is 1. The molecule has 1 fully saturated rings. The molecule has 0 spiro atoms. The maximum atomic E-state index is 12.5. The van der Waals surface area contributed by atoms with Crippen LogP contribution in [0.25, 0.3) is 0 Å². The summed E-state index contributed by atoms with van der Waals surface area (Å²) in [7, 11) is -3.00. The molecule has 8 heteroatoms. The van der Waals surface area contributed by atoms with Gasteiger partial charge >= 0.3 is 0 Å². The van der Waals surface area contributed by atoms with Gasteiger partial charge in [0.15, 0.2) is 9.84 Å². The van der Waals surface area contributed by atoms with Crippen molar-refractivity contribution in [2.24, 2.45) is 0 Å². The maximum Gasteiger partial charge on any atom is 0.225 e. The van der Waals surface area contributed by atoms with Gasteiger partial charge in [0, 0.05) is 23.5 Å². The highest BCUT2D eigenvalue weighted by molar-refractivity contribution is 7.98. The fourth-order valence-corrected chi connectivity index (χ4v) is 6.42. The van der Waals surface area contributed by atoms with Gasteiger partial charge in [-0.15, -0.1) is 0 Å². The molecule has 6 nitrogen and oxygen atoms in total. The van der Waals surface area contributed by atoms with Gasteiger partial charge in [-0.1, -0.05) is 30.3 Å². The van der Waals surface area contributed by atoms with E-state index in [1.807, 2.05) is 18.2 Å². The normalized spacial score (nSPS) is 20.5. The van der Waals surface area contributed by atoms with E-state index in [4.69, 9.17) is 0 Å². The van der Waals surface area contributed by atoms with Crippen molar-refractivity contribution in [1.82, 2.24) is 9.78 Å². The summed E-state index contributed by atoms with van der Waals surface area (Å²) < 4.78 is 25.5. The fourth-order valence-electron chi connectivity index (χ4n) is 3.69. The van der Waals surface area contributed by atoms with E-state index in [0.717, 1.165) is 35.6 Å². The first kappa shape index (κ1) is 18.6. The third-order valence-electron chi connectivity index (χ3n) is 5.10. The highest BCUT2D eigenvalue weighted by Gasteiger charge is 2.34. The van der Waals surface area contributed by atoms with Crippen LogP contribution in [0, 0.1) is 0 Å². The summed E-state index contributed by atoms with van der Waals surface area (Å²) in [6.45, 7) is 0. The van der Waals surface area contributed by atoms with Crippen LogP contribution in [0.15, 0.2) is 30.3 Å². The molecule has 1 unspecified atom stereocenters. The van der Waals surface area contributed by atoms with E-state index in [1.54, 1.807) is 16.4 Å². The summed E-state index contributed by atoms with van der Waals surface area (Å²) in [5, 5.41) is 7.67. The standard InChI is InChI=1S/C19H23N3O3S2/c23-18(8-4-7-14-5-2-1-3-6-14)20-19-16-11-26-12-17(16)21-22(19)15-9-10-27(24,25)13-15/h1-3,5-6,15H,4,7-13H2,(H,20,23). The van der Waals surface area contributed by atoms with Crippen LogP contribution >= 0.6 is 11.8 Å². The molecule has 0 bridgehead atoms. The first-order valence-electron chi connectivity index (χ1n) is 9.24. The van der Waals surface area contributed by atoms with Crippen molar-refractivity contribution in [3.63, 3.8) is 0 Å². The molecule has 4 rings (SSSR count).